The topological polar surface area (TPSA) is 164 Å². The van der Waals surface area contributed by atoms with Crippen LogP contribution in [0.3, 0.4) is 0 Å². The minimum absolute atomic E-state index is 0.0149. The van der Waals surface area contributed by atoms with Gasteiger partial charge >= 0.3 is 0 Å². The lowest BCUT2D eigenvalue weighted by Crippen LogP contribution is -2.59. The van der Waals surface area contributed by atoms with Crippen LogP contribution in [0.5, 0.6) is 5.75 Å². The summed E-state index contributed by atoms with van der Waals surface area (Å²) in [6.45, 7) is 7.57. The molecule has 2 heterocycles. The Morgan fingerprint density at radius 1 is 1.22 bits per heavy atom. The van der Waals surface area contributed by atoms with Crippen molar-refractivity contribution in [3.63, 3.8) is 0 Å². The number of aromatic nitrogens is 1. The fourth-order valence-corrected chi connectivity index (χ4v) is 6.25. The molecule has 46 heavy (non-hydrogen) atoms. The van der Waals surface area contributed by atoms with Gasteiger partial charge in [0.1, 0.15) is 24.4 Å². The number of rotatable bonds is 15. The molecule has 2 aliphatic rings. The predicted octanol–water partition coefficient (Wildman–Crippen LogP) is 3.20. The van der Waals surface area contributed by atoms with E-state index in [0.717, 1.165) is 35.4 Å². The Balaban J connectivity index is 1.47. The average molecular weight is 660 g/mol. The molecule has 3 amide bonds. The van der Waals surface area contributed by atoms with Crippen LogP contribution < -0.4 is 21.1 Å². The van der Waals surface area contributed by atoms with Crippen molar-refractivity contribution in [2.45, 2.75) is 103 Å². The van der Waals surface area contributed by atoms with Crippen LogP contribution in [-0.2, 0) is 25.7 Å². The molecule has 2 aromatic rings. The van der Waals surface area contributed by atoms with E-state index < -0.39 is 47.0 Å². The molecule has 0 radical (unpaired) electrons. The van der Waals surface area contributed by atoms with Gasteiger partial charge in [-0.25, -0.2) is 9.37 Å². The van der Waals surface area contributed by atoms with Crippen molar-refractivity contribution in [3.05, 3.63) is 35.0 Å². The normalized spacial score (nSPS) is 19.4. The molecule has 252 valence electrons. The Morgan fingerprint density at radius 3 is 2.59 bits per heavy atom. The van der Waals surface area contributed by atoms with Gasteiger partial charge in [0.15, 0.2) is 11.5 Å². The smallest absolute Gasteiger partial charge is 0.258 e. The molecule has 1 saturated carbocycles. The number of ketones is 1. The predicted molar refractivity (Wildman–Crippen MR) is 173 cm³/mol. The summed E-state index contributed by atoms with van der Waals surface area (Å²) in [5, 5.41) is 15.9. The Kier molecular flexibility index (Phi) is 11.5. The van der Waals surface area contributed by atoms with Crippen LogP contribution in [0, 0.1) is 12.3 Å². The maximum atomic E-state index is 14.5. The Bertz CT molecular complexity index is 1420. The number of ether oxygens (including phenoxy) is 1. The molecule has 1 aromatic carbocycles. The zero-order valence-electron chi connectivity index (χ0n) is 27.1. The number of hydrogen-bond donors (Lipinski definition) is 4. The number of nitrogens with two attached hydrogens (primary N) is 1. The van der Waals surface area contributed by atoms with E-state index in [-0.39, 0.29) is 44.7 Å². The van der Waals surface area contributed by atoms with Crippen LogP contribution in [0.2, 0.25) is 0 Å². The summed E-state index contributed by atoms with van der Waals surface area (Å²) in [6, 6.07) is 3.45. The lowest BCUT2D eigenvalue weighted by molar-refractivity contribution is -0.145. The zero-order chi connectivity index (χ0) is 33.6. The average Bonchev–Trinajstić information content (AvgIpc) is 3.42. The number of hydrogen-bond acceptors (Lipinski definition) is 9. The van der Waals surface area contributed by atoms with E-state index in [2.05, 4.69) is 15.6 Å². The van der Waals surface area contributed by atoms with Gasteiger partial charge in [-0.3, -0.25) is 19.2 Å². The van der Waals surface area contributed by atoms with Crippen molar-refractivity contribution < 1.29 is 33.4 Å². The van der Waals surface area contributed by atoms with Crippen molar-refractivity contribution in [3.8, 4) is 16.2 Å². The third-order valence-electron chi connectivity index (χ3n) is 8.43. The number of aliphatic hydroxyl groups excluding tert-OH is 1. The van der Waals surface area contributed by atoms with E-state index in [1.54, 1.807) is 26.3 Å². The summed E-state index contributed by atoms with van der Waals surface area (Å²) in [5.74, 6) is -1.48. The van der Waals surface area contributed by atoms with Crippen molar-refractivity contribution in [1.82, 2.24) is 20.5 Å². The van der Waals surface area contributed by atoms with Crippen molar-refractivity contribution in [2.24, 2.45) is 11.1 Å². The first-order valence-corrected chi connectivity index (χ1v) is 16.8. The summed E-state index contributed by atoms with van der Waals surface area (Å²) in [6.07, 6.45) is 2.14. The van der Waals surface area contributed by atoms with Crippen LogP contribution in [0.1, 0.15) is 77.0 Å². The van der Waals surface area contributed by atoms with Gasteiger partial charge in [0.2, 0.25) is 11.8 Å². The number of carbonyl (C=O) groups is 4. The molecule has 1 saturated heterocycles. The second-order valence-electron chi connectivity index (χ2n) is 13.4. The van der Waals surface area contributed by atoms with Gasteiger partial charge in [-0.1, -0.05) is 39.3 Å². The highest BCUT2D eigenvalue weighted by Gasteiger charge is 2.53. The van der Waals surface area contributed by atoms with Gasteiger partial charge in [-0.15, -0.1) is 11.3 Å². The quantitative estimate of drug-likeness (QED) is 0.212. The van der Waals surface area contributed by atoms with E-state index in [1.807, 2.05) is 25.1 Å². The van der Waals surface area contributed by atoms with Gasteiger partial charge in [0.25, 0.3) is 5.91 Å². The fraction of sp³-hybridized carbons (Fsp3) is 0.606. The number of Topliss-reactive ketones (excluding diaryl/α,β-unsaturated/α-hetero) is 1. The van der Waals surface area contributed by atoms with E-state index in [1.165, 1.54) is 16.2 Å². The minimum atomic E-state index is -1.96. The summed E-state index contributed by atoms with van der Waals surface area (Å²) >= 11 is 1.49. The summed E-state index contributed by atoms with van der Waals surface area (Å²) < 4.78 is 20.5. The number of likely N-dealkylation sites (tertiary alicyclic amines) is 1. The molecule has 1 unspecified atom stereocenters. The molecule has 0 bridgehead atoms. The lowest BCUT2D eigenvalue weighted by Gasteiger charge is -2.35. The second-order valence-corrected chi connectivity index (χ2v) is 14.2. The van der Waals surface area contributed by atoms with Crippen molar-refractivity contribution in [2.75, 3.05) is 19.7 Å². The second kappa shape index (κ2) is 15.0. The number of nitrogens with zero attached hydrogens (tertiary/aromatic N) is 2. The van der Waals surface area contributed by atoms with E-state index >= 15 is 0 Å². The first-order chi connectivity index (χ1) is 21.7. The van der Waals surface area contributed by atoms with Crippen LogP contribution in [0.4, 0.5) is 4.39 Å². The molecule has 3 atom stereocenters. The molecule has 1 aliphatic heterocycles. The molecule has 1 aliphatic carbocycles. The molecular formula is C33H46FN5O6S. The molecule has 13 heteroatoms. The number of unbranched alkanes of at least 4 members (excludes halogenated alkanes) is 2. The number of aryl methyl sites for hydroxylation is 1. The number of halogens is 1. The number of alkyl halides is 1. The van der Waals surface area contributed by atoms with Gasteiger partial charge in [-0.05, 0) is 56.2 Å². The summed E-state index contributed by atoms with van der Waals surface area (Å²) in [5.41, 5.74) is 6.91. The van der Waals surface area contributed by atoms with Crippen molar-refractivity contribution >= 4 is 34.8 Å². The molecule has 11 nitrogen and oxygen atoms in total. The van der Waals surface area contributed by atoms with Crippen LogP contribution >= 0.6 is 11.3 Å². The number of benzene rings is 1. The summed E-state index contributed by atoms with van der Waals surface area (Å²) in [7, 11) is 0. The fourth-order valence-electron chi connectivity index (χ4n) is 5.45. The first kappa shape index (κ1) is 35.4. The standard InChI is InChI=1S/C33H46FN5O6S/c1-20-27(46-19-37-20)21-9-10-22(26(14-21)45-18-23(40)8-6-5-7-13-35)16-36-29(42)25-15-24(41)17-39(25)30(43)28(32(2,3)4)38-31(44)33(34)11-12-33/h9-10,14,19,24-25,28,41H,5-8,11-13,15-18,35H2,1-4H3,(H,36,42)(H,38,44)/t24-,25?,28-/m1/s1. The minimum Gasteiger partial charge on any atom is -0.485 e. The number of aliphatic hydroxyl groups is 1. The largest absolute Gasteiger partial charge is 0.485 e. The zero-order valence-corrected chi connectivity index (χ0v) is 27.9. The van der Waals surface area contributed by atoms with Crippen molar-refractivity contribution in [1.29, 1.82) is 0 Å². The number of β-amino-alcohol motifs (C(OH)–C–C–N with tert-alkyl or cyclic N) is 1. The van der Waals surface area contributed by atoms with Crippen LogP contribution in [-0.4, -0.2) is 82.0 Å². The monoisotopic (exact) mass is 659 g/mol. The number of thiazole rings is 1. The molecule has 2 fully saturated rings. The highest BCUT2D eigenvalue weighted by Crippen LogP contribution is 2.40. The van der Waals surface area contributed by atoms with Gasteiger partial charge in [0, 0.05) is 31.5 Å². The Morgan fingerprint density at radius 2 is 1.96 bits per heavy atom. The molecule has 0 spiro atoms. The molecule has 4 rings (SSSR count). The van der Waals surface area contributed by atoms with E-state index in [9.17, 15) is 28.7 Å². The third-order valence-corrected chi connectivity index (χ3v) is 9.40. The number of nitrogens with one attached hydrogen (secondary N) is 2. The Labute approximate surface area is 273 Å². The highest BCUT2D eigenvalue weighted by molar-refractivity contribution is 7.13. The molecule has 5 N–H and O–H groups in total. The Hall–Kier alpha value is -3.42. The first-order valence-electron chi connectivity index (χ1n) is 15.9. The van der Waals surface area contributed by atoms with Crippen LogP contribution in [0.15, 0.2) is 23.7 Å². The summed E-state index contributed by atoms with van der Waals surface area (Å²) in [4.78, 5) is 58.9. The van der Waals surface area contributed by atoms with Gasteiger partial charge in [-0.2, -0.15) is 0 Å². The number of amides is 3. The van der Waals surface area contributed by atoms with Gasteiger partial charge < -0.3 is 31.1 Å². The maximum Gasteiger partial charge on any atom is 0.258 e. The SMILES string of the molecule is Cc1ncsc1-c1ccc(CNC(=O)C2C[C@@H](O)CN2C(=O)[C@@H](NC(=O)C2(F)CC2)C(C)(C)C)c(OCC(=O)CCCCCN)c1. The third kappa shape index (κ3) is 8.89. The van der Waals surface area contributed by atoms with Gasteiger partial charge in [0.05, 0.1) is 22.2 Å². The molecular weight excluding hydrogens is 613 g/mol. The maximum absolute atomic E-state index is 14.5. The van der Waals surface area contributed by atoms with E-state index in [0.29, 0.717) is 24.3 Å². The number of carbonyl (C=O) groups excluding carboxylic acids is 4. The highest BCUT2D eigenvalue weighted by atomic mass is 32.1. The lowest BCUT2D eigenvalue weighted by atomic mass is 9.85. The molecule has 1 aromatic heterocycles. The van der Waals surface area contributed by atoms with E-state index in [4.69, 9.17) is 10.5 Å². The van der Waals surface area contributed by atoms with Crippen LogP contribution in [0.25, 0.3) is 10.4 Å².